The zero-order valence-corrected chi connectivity index (χ0v) is 14.2. The van der Waals surface area contributed by atoms with E-state index < -0.39 is 0 Å². The van der Waals surface area contributed by atoms with E-state index in [1.807, 2.05) is 44.2 Å². The summed E-state index contributed by atoms with van der Waals surface area (Å²) in [6, 6.07) is 9.50. The number of hydrogen-bond acceptors (Lipinski definition) is 4. The van der Waals surface area contributed by atoms with E-state index in [-0.39, 0.29) is 37.4 Å². The van der Waals surface area contributed by atoms with Crippen LogP contribution in [0.2, 0.25) is 0 Å². The summed E-state index contributed by atoms with van der Waals surface area (Å²) in [6.07, 6.45) is 0. The molecule has 0 saturated carbocycles. The van der Waals surface area contributed by atoms with Crippen LogP contribution in [0.1, 0.15) is 20.8 Å². The van der Waals surface area contributed by atoms with Crippen molar-refractivity contribution >= 4 is 30.0 Å². The van der Waals surface area contributed by atoms with Gasteiger partial charge in [-0.15, -0.1) is 12.4 Å². The largest absolute Gasteiger partial charge is 0.465 e. The number of benzene rings is 1. The number of para-hydroxylation sites is 1. The Kier molecular flexibility index (Phi) is 10.0. The van der Waals surface area contributed by atoms with Crippen molar-refractivity contribution in [3.8, 4) is 0 Å². The summed E-state index contributed by atoms with van der Waals surface area (Å²) < 4.78 is 4.91. The summed E-state index contributed by atoms with van der Waals surface area (Å²) in [4.78, 5) is 25.4. The molecule has 6 heteroatoms. The molecular formula is C16H25ClN2O3. The number of carbonyl (C=O) groups excluding carboxylic acids is 2. The SMILES string of the molecule is CCOC(=O)CN(CC(C)C)C(=O)CNc1ccccc1.Cl. The van der Waals surface area contributed by atoms with E-state index >= 15 is 0 Å². The Morgan fingerprint density at radius 3 is 2.41 bits per heavy atom. The first-order valence-electron chi connectivity index (χ1n) is 7.25. The molecule has 0 fully saturated rings. The van der Waals surface area contributed by atoms with Gasteiger partial charge in [-0.2, -0.15) is 0 Å². The van der Waals surface area contributed by atoms with E-state index in [2.05, 4.69) is 5.32 Å². The van der Waals surface area contributed by atoms with Crippen LogP contribution >= 0.6 is 12.4 Å². The van der Waals surface area contributed by atoms with Gasteiger partial charge in [0.25, 0.3) is 0 Å². The quantitative estimate of drug-likeness (QED) is 0.745. The first kappa shape index (κ1) is 20.2. The van der Waals surface area contributed by atoms with Gasteiger partial charge < -0.3 is 15.0 Å². The van der Waals surface area contributed by atoms with Crippen molar-refractivity contribution in [3.63, 3.8) is 0 Å². The molecule has 1 rings (SSSR count). The molecule has 0 bridgehead atoms. The summed E-state index contributed by atoms with van der Waals surface area (Å²) in [6.45, 7) is 6.80. The van der Waals surface area contributed by atoms with Crippen molar-refractivity contribution < 1.29 is 14.3 Å². The normalized spacial score (nSPS) is 9.82. The Morgan fingerprint density at radius 2 is 1.86 bits per heavy atom. The van der Waals surface area contributed by atoms with Gasteiger partial charge in [-0.05, 0) is 25.0 Å². The Labute approximate surface area is 138 Å². The zero-order valence-electron chi connectivity index (χ0n) is 13.4. The number of nitrogens with zero attached hydrogens (tertiary/aromatic N) is 1. The lowest BCUT2D eigenvalue weighted by Gasteiger charge is -2.24. The Morgan fingerprint density at radius 1 is 1.23 bits per heavy atom. The molecule has 0 atom stereocenters. The van der Waals surface area contributed by atoms with Gasteiger partial charge in [0, 0.05) is 12.2 Å². The third-order valence-corrected chi connectivity index (χ3v) is 2.78. The van der Waals surface area contributed by atoms with Gasteiger partial charge in [0.1, 0.15) is 6.54 Å². The van der Waals surface area contributed by atoms with Crippen LogP contribution in [0.4, 0.5) is 5.69 Å². The van der Waals surface area contributed by atoms with Gasteiger partial charge in [-0.3, -0.25) is 9.59 Å². The molecule has 0 heterocycles. The minimum atomic E-state index is -0.369. The lowest BCUT2D eigenvalue weighted by atomic mass is 10.2. The highest BCUT2D eigenvalue weighted by molar-refractivity contribution is 5.85. The molecule has 0 radical (unpaired) electrons. The number of amides is 1. The average Bonchev–Trinajstić information content (AvgIpc) is 2.45. The second-order valence-corrected chi connectivity index (χ2v) is 5.19. The maximum absolute atomic E-state index is 12.2. The predicted octanol–water partition coefficient (Wildman–Crippen LogP) is 2.57. The van der Waals surface area contributed by atoms with Crippen LogP contribution in [-0.2, 0) is 14.3 Å². The van der Waals surface area contributed by atoms with Crippen LogP contribution in [0.3, 0.4) is 0 Å². The van der Waals surface area contributed by atoms with E-state index in [0.717, 1.165) is 5.69 Å². The standard InChI is InChI=1S/C16H24N2O3.ClH/c1-4-21-16(20)12-18(11-13(2)3)15(19)10-17-14-8-6-5-7-9-14;/h5-9,13,17H,4,10-12H2,1-3H3;1H. The van der Waals surface area contributed by atoms with Crippen molar-refractivity contribution in [1.82, 2.24) is 4.90 Å². The van der Waals surface area contributed by atoms with E-state index in [4.69, 9.17) is 4.74 Å². The second kappa shape index (κ2) is 10.9. The van der Waals surface area contributed by atoms with Crippen LogP contribution in [0.25, 0.3) is 0 Å². The Balaban J connectivity index is 0.00000441. The van der Waals surface area contributed by atoms with Crippen molar-refractivity contribution in [2.45, 2.75) is 20.8 Å². The number of esters is 1. The first-order chi connectivity index (χ1) is 10.0. The molecule has 0 aliphatic rings. The van der Waals surface area contributed by atoms with Crippen molar-refractivity contribution in [1.29, 1.82) is 0 Å². The molecule has 1 aromatic carbocycles. The summed E-state index contributed by atoms with van der Waals surface area (Å²) in [5, 5.41) is 3.06. The van der Waals surface area contributed by atoms with E-state index in [9.17, 15) is 9.59 Å². The van der Waals surface area contributed by atoms with Gasteiger partial charge in [-0.1, -0.05) is 32.0 Å². The molecule has 0 unspecified atom stereocenters. The third kappa shape index (κ3) is 7.88. The van der Waals surface area contributed by atoms with Crippen LogP contribution in [0.15, 0.2) is 30.3 Å². The number of ether oxygens (including phenoxy) is 1. The van der Waals surface area contributed by atoms with Crippen LogP contribution in [0, 0.1) is 5.92 Å². The maximum Gasteiger partial charge on any atom is 0.325 e. The Bertz CT molecular complexity index is 452. The highest BCUT2D eigenvalue weighted by Gasteiger charge is 2.18. The van der Waals surface area contributed by atoms with Gasteiger partial charge >= 0.3 is 5.97 Å². The van der Waals surface area contributed by atoms with Crippen molar-refractivity contribution in [2.75, 3.05) is 31.6 Å². The minimum Gasteiger partial charge on any atom is -0.465 e. The number of anilines is 1. The van der Waals surface area contributed by atoms with E-state index in [0.29, 0.717) is 19.1 Å². The second-order valence-electron chi connectivity index (χ2n) is 5.19. The Hall–Kier alpha value is -1.75. The maximum atomic E-state index is 12.2. The third-order valence-electron chi connectivity index (χ3n) is 2.78. The smallest absolute Gasteiger partial charge is 0.325 e. The summed E-state index contributed by atoms with van der Waals surface area (Å²) >= 11 is 0. The fourth-order valence-electron chi connectivity index (χ4n) is 1.90. The highest BCUT2D eigenvalue weighted by Crippen LogP contribution is 2.06. The first-order valence-corrected chi connectivity index (χ1v) is 7.25. The molecule has 0 aliphatic heterocycles. The van der Waals surface area contributed by atoms with Gasteiger partial charge in [0.2, 0.25) is 5.91 Å². The molecule has 0 aromatic heterocycles. The molecule has 1 N–H and O–H groups in total. The van der Waals surface area contributed by atoms with Crippen LogP contribution in [-0.4, -0.2) is 43.0 Å². The lowest BCUT2D eigenvalue weighted by Crippen LogP contribution is -2.41. The highest BCUT2D eigenvalue weighted by atomic mass is 35.5. The molecule has 0 saturated heterocycles. The molecule has 1 aromatic rings. The summed E-state index contributed by atoms with van der Waals surface area (Å²) in [5.41, 5.74) is 0.881. The molecular weight excluding hydrogens is 304 g/mol. The van der Waals surface area contributed by atoms with E-state index in [1.165, 1.54) is 0 Å². The van der Waals surface area contributed by atoms with Crippen LogP contribution < -0.4 is 5.32 Å². The fourth-order valence-corrected chi connectivity index (χ4v) is 1.90. The number of halogens is 1. The number of carbonyl (C=O) groups is 2. The van der Waals surface area contributed by atoms with Gasteiger partial charge in [0.15, 0.2) is 0 Å². The number of hydrogen-bond donors (Lipinski definition) is 1. The van der Waals surface area contributed by atoms with E-state index in [1.54, 1.807) is 11.8 Å². The van der Waals surface area contributed by atoms with Gasteiger partial charge in [0.05, 0.1) is 13.2 Å². The molecule has 22 heavy (non-hydrogen) atoms. The molecule has 5 nitrogen and oxygen atoms in total. The van der Waals surface area contributed by atoms with Gasteiger partial charge in [-0.25, -0.2) is 0 Å². The molecule has 0 aliphatic carbocycles. The number of nitrogens with one attached hydrogen (secondary N) is 1. The van der Waals surface area contributed by atoms with Crippen molar-refractivity contribution in [2.24, 2.45) is 5.92 Å². The minimum absolute atomic E-state index is 0. The predicted molar refractivity (Wildman–Crippen MR) is 90.2 cm³/mol. The lowest BCUT2D eigenvalue weighted by molar-refractivity contribution is -0.148. The van der Waals surface area contributed by atoms with Crippen LogP contribution in [0.5, 0.6) is 0 Å². The number of rotatable bonds is 8. The molecule has 1 amide bonds. The van der Waals surface area contributed by atoms with Crippen molar-refractivity contribution in [3.05, 3.63) is 30.3 Å². The summed E-state index contributed by atoms with van der Waals surface area (Å²) in [7, 11) is 0. The zero-order chi connectivity index (χ0) is 15.7. The fraction of sp³-hybridized carbons (Fsp3) is 0.500. The topological polar surface area (TPSA) is 58.6 Å². The molecule has 0 spiro atoms. The monoisotopic (exact) mass is 328 g/mol. The average molecular weight is 329 g/mol. The molecule has 124 valence electrons. The summed E-state index contributed by atoms with van der Waals surface area (Å²) in [5.74, 6) is -0.188.